The molecule has 1 amide bonds. The Morgan fingerprint density at radius 2 is 1.89 bits per heavy atom. The molecule has 0 bridgehead atoms. The fourth-order valence-corrected chi connectivity index (χ4v) is 5.18. The van der Waals surface area contributed by atoms with E-state index in [4.69, 9.17) is 16.3 Å². The summed E-state index contributed by atoms with van der Waals surface area (Å²) in [4.78, 5) is 27.7. The van der Waals surface area contributed by atoms with Crippen LogP contribution in [-0.2, 0) is 11.3 Å². The zero-order valence-electron chi connectivity index (χ0n) is 21.5. The highest BCUT2D eigenvalue weighted by atomic mass is 35.5. The van der Waals surface area contributed by atoms with Crippen molar-refractivity contribution in [1.29, 1.82) is 0 Å². The van der Waals surface area contributed by atoms with Gasteiger partial charge in [-0.3, -0.25) is 9.69 Å². The summed E-state index contributed by atoms with van der Waals surface area (Å²) in [6.07, 6.45) is 5.81. The number of benzene rings is 2. The lowest BCUT2D eigenvalue weighted by molar-refractivity contribution is -0.122. The number of ether oxygens (including phenoxy) is 1. The lowest BCUT2D eigenvalue weighted by Gasteiger charge is -2.33. The number of anilines is 1. The molecule has 3 heterocycles. The average Bonchev–Trinajstić information content (AvgIpc) is 3.39. The number of imidazole rings is 1. The summed E-state index contributed by atoms with van der Waals surface area (Å²) in [5.41, 5.74) is 4.48. The number of H-pyrrole nitrogens is 1. The van der Waals surface area contributed by atoms with E-state index >= 15 is 0 Å². The summed E-state index contributed by atoms with van der Waals surface area (Å²) >= 11 is 8.37. The van der Waals surface area contributed by atoms with Gasteiger partial charge in [0.1, 0.15) is 17.1 Å². The topological polar surface area (TPSA) is 95.2 Å². The Kier molecular flexibility index (Phi) is 8.36. The van der Waals surface area contributed by atoms with E-state index in [9.17, 15) is 4.79 Å². The van der Waals surface area contributed by atoms with Crippen LogP contribution >= 0.6 is 23.4 Å². The number of halogens is 1. The Balaban J connectivity index is 1.24. The predicted molar refractivity (Wildman–Crippen MR) is 154 cm³/mol. The number of nitrogens with one attached hydrogen (secondary N) is 3. The van der Waals surface area contributed by atoms with Gasteiger partial charge in [0.2, 0.25) is 0 Å². The largest absolute Gasteiger partial charge is 0.484 e. The Morgan fingerprint density at radius 3 is 2.58 bits per heavy atom. The molecule has 2 aromatic carbocycles. The van der Waals surface area contributed by atoms with Gasteiger partial charge < -0.3 is 20.4 Å². The monoisotopic (exact) mass is 550 g/mol. The maximum Gasteiger partial charge on any atom is 0.257 e. The number of carbonyl (C=O) groups excluding carboxylic acids is 1. The number of rotatable bonds is 9. The first-order valence-corrected chi connectivity index (χ1v) is 14.2. The highest BCUT2D eigenvalue weighted by Crippen LogP contribution is 2.32. The molecule has 198 valence electrons. The SMILES string of the molecule is CNC(=O)COc1ccc(-c2nc3ncc(Cl)c(NC4CCN(Cc5ccc(SC)cc5)CC4)c3[nH]2)cc1. The maximum absolute atomic E-state index is 11.4. The molecule has 0 saturated carbocycles. The molecule has 0 unspecified atom stereocenters. The predicted octanol–water partition coefficient (Wildman–Crippen LogP) is 5.20. The minimum absolute atomic E-state index is 0.0256. The van der Waals surface area contributed by atoms with Gasteiger partial charge >= 0.3 is 0 Å². The molecule has 1 aliphatic rings. The second kappa shape index (κ2) is 12.1. The average molecular weight is 551 g/mol. The number of likely N-dealkylation sites (N-methyl/N-ethyl adjacent to an activating group) is 1. The molecule has 2 aromatic heterocycles. The van der Waals surface area contributed by atoms with Crippen LogP contribution in [-0.4, -0.2) is 64.8 Å². The van der Waals surface area contributed by atoms with Gasteiger partial charge in [-0.1, -0.05) is 23.7 Å². The van der Waals surface area contributed by atoms with Crippen LogP contribution in [0.5, 0.6) is 5.75 Å². The second-order valence-corrected chi connectivity index (χ2v) is 10.6. The van der Waals surface area contributed by atoms with Crippen molar-refractivity contribution in [2.75, 3.05) is 38.3 Å². The van der Waals surface area contributed by atoms with Gasteiger partial charge in [-0.05, 0) is 61.1 Å². The van der Waals surface area contributed by atoms with Crippen molar-refractivity contribution in [3.63, 3.8) is 0 Å². The van der Waals surface area contributed by atoms with E-state index in [1.807, 2.05) is 24.3 Å². The van der Waals surface area contributed by atoms with Crippen LogP contribution in [0.2, 0.25) is 5.02 Å². The molecule has 10 heteroatoms. The Morgan fingerprint density at radius 1 is 1.16 bits per heavy atom. The number of fused-ring (bicyclic) bond motifs is 1. The van der Waals surface area contributed by atoms with Gasteiger partial charge in [0.25, 0.3) is 5.91 Å². The van der Waals surface area contributed by atoms with Gasteiger partial charge in [0.15, 0.2) is 12.3 Å². The van der Waals surface area contributed by atoms with Crippen molar-refractivity contribution in [3.8, 4) is 17.1 Å². The van der Waals surface area contributed by atoms with Crippen molar-refractivity contribution in [1.82, 2.24) is 25.2 Å². The molecule has 5 rings (SSSR count). The van der Waals surface area contributed by atoms with Gasteiger partial charge in [-0.15, -0.1) is 11.8 Å². The van der Waals surface area contributed by atoms with E-state index in [1.54, 1.807) is 25.0 Å². The summed E-state index contributed by atoms with van der Waals surface area (Å²) in [7, 11) is 1.58. The van der Waals surface area contributed by atoms with Crippen molar-refractivity contribution >= 4 is 46.1 Å². The quantitative estimate of drug-likeness (QED) is 0.246. The number of nitrogens with zero attached hydrogens (tertiary/aromatic N) is 3. The number of carbonyl (C=O) groups is 1. The molecule has 1 fully saturated rings. The molecule has 1 saturated heterocycles. The fraction of sp³-hybridized carbons (Fsp3) is 0.321. The number of amides is 1. The highest BCUT2D eigenvalue weighted by molar-refractivity contribution is 7.98. The summed E-state index contributed by atoms with van der Waals surface area (Å²) in [6.45, 7) is 3.00. The van der Waals surface area contributed by atoms with Crippen molar-refractivity contribution in [2.45, 2.75) is 30.3 Å². The molecule has 8 nitrogen and oxygen atoms in total. The third kappa shape index (κ3) is 6.23. The van der Waals surface area contributed by atoms with Crippen LogP contribution in [0.3, 0.4) is 0 Å². The number of thioether (sulfide) groups is 1. The normalized spacial score (nSPS) is 14.5. The summed E-state index contributed by atoms with van der Waals surface area (Å²) in [5, 5.41) is 6.78. The number of piperidine rings is 1. The van der Waals surface area contributed by atoms with Crippen LogP contribution in [0.4, 0.5) is 5.69 Å². The van der Waals surface area contributed by atoms with Crippen LogP contribution in [0.25, 0.3) is 22.6 Å². The van der Waals surface area contributed by atoms with Crippen molar-refractivity contribution in [3.05, 3.63) is 65.3 Å². The zero-order chi connectivity index (χ0) is 26.5. The fourth-order valence-electron chi connectivity index (χ4n) is 4.57. The number of aromatic amines is 1. The highest BCUT2D eigenvalue weighted by Gasteiger charge is 2.22. The maximum atomic E-state index is 11.4. The Labute approximate surface area is 231 Å². The second-order valence-electron chi connectivity index (χ2n) is 9.29. The number of hydrogen-bond donors (Lipinski definition) is 3. The molecule has 1 aliphatic heterocycles. The van der Waals surface area contributed by atoms with E-state index in [1.165, 1.54) is 10.5 Å². The number of pyridine rings is 1. The minimum atomic E-state index is -0.180. The Hall–Kier alpha value is -3.27. The van der Waals surface area contributed by atoms with Gasteiger partial charge in [0.05, 0.1) is 16.9 Å². The molecule has 4 aromatic rings. The molecular weight excluding hydrogens is 520 g/mol. The Bertz CT molecular complexity index is 1390. The first kappa shape index (κ1) is 26.3. The third-order valence-corrected chi connectivity index (χ3v) is 7.78. The lowest BCUT2D eigenvalue weighted by Crippen LogP contribution is -2.38. The van der Waals surface area contributed by atoms with Crippen molar-refractivity contribution in [2.24, 2.45) is 0 Å². The molecule has 38 heavy (non-hydrogen) atoms. The van der Waals surface area contributed by atoms with Crippen LogP contribution < -0.4 is 15.4 Å². The molecule has 0 atom stereocenters. The summed E-state index contributed by atoms with van der Waals surface area (Å²) in [5.74, 6) is 1.12. The summed E-state index contributed by atoms with van der Waals surface area (Å²) in [6, 6.07) is 16.6. The van der Waals surface area contributed by atoms with Crippen molar-refractivity contribution < 1.29 is 9.53 Å². The third-order valence-electron chi connectivity index (χ3n) is 6.75. The van der Waals surface area contributed by atoms with E-state index in [2.05, 4.69) is 61.0 Å². The van der Waals surface area contributed by atoms with Gasteiger partial charge in [-0.25, -0.2) is 9.97 Å². The molecule has 0 radical (unpaired) electrons. The van der Waals surface area contributed by atoms with E-state index in [-0.39, 0.29) is 12.5 Å². The first-order valence-electron chi connectivity index (χ1n) is 12.6. The molecule has 0 spiro atoms. The number of likely N-dealkylation sites (tertiary alicyclic amines) is 1. The zero-order valence-corrected chi connectivity index (χ0v) is 23.0. The summed E-state index contributed by atoms with van der Waals surface area (Å²) < 4.78 is 5.49. The van der Waals surface area contributed by atoms with Gasteiger partial charge in [0, 0.05) is 43.2 Å². The van der Waals surface area contributed by atoms with Gasteiger partial charge in [-0.2, -0.15) is 0 Å². The van der Waals surface area contributed by atoms with E-state index < -0.39 is 0 Å². The van der Waals surface area contributed by atoms with Crippen LogP contribution in [0.15, 0.2) is 59.6 Å². The molecular formula is C28H31ClN6O2S. The standard InChI is InChI=1S/C28H31ClN6O2S/c1-30-24(36)17-37-21-7-5-19(6-8-21)27-33-26-25(23(29)15-31-28(26)34-27)32-20-11-13-35(14-12-20)16-18-3-9-22(38-2)10-4-18/h3-10,15,20H,11-14,16-17H2,1-2H3,(H,30,36)(H2,31,32,33,34). The molecule has 3 N–H and O–H groups in total. The minimum Gasteiger partial charge on any atom is -0.484 e. The van der Waals surface area contributed by atoms with E-state index in [0.717, 1.165) is 49.2 Å². The molecule has 0 aliphatic carbocycles. The van der Waals surface area contributed by atoms with Crippen LogP contribution in [0, 0.1) is 0 Å². The van der Waals surface area contributed by atoms with Crippen LogP contribution in [0.1, 0.15) is 18.4 Å². The van der Waals surface area contributed by atoms with E-state index in [0.29, 0.717) is 28.3 Å². The smallest absolute Gasteiger partial charge is 0.257 e. The first-order chi connectivity index (χ1) is 18.5. The lowest BCUT2D eigenvalue weighted by atomic mass is 10.0. The number of aromatic nitrogens is 3. The number of hydrogen-bond acceptors (Lipinski definition) is 7.